The largest absolute Gasteiger partial charge is 0.451 e. The summed E-state index contributed by atoms with van der Waals surface area (Å²) in [5.74, 6) is 0.573. The van der Waals surface area contributed by atoms with Crippen molar-refractivity contribution in [2.75, 3.05) is 19.7 Å². The number of rotatable bonds is 8. The van der Waals surface area contributed by atoms with Gasteiger partial charge in [0.15, 0.2) is 23.0 Å². The number of aromatic nitrogens is 6. The summed E-state index contributed by atoms with van der Waals surface area (Å²) >= 11 is 0. The first kappa shape index (κ1) is 29.5. The summed E-state index contributed by atoms with van der Waals surface area (Å²) < 4.78 is 59.7. The molecule has 45 heavy (non-hydrogen) atoms. The van der Waals surface area contributed by atoms with Crippen LogP contribution in [0.4, 0.5) is 13.2 Å². The molecule has 0 saturated carbocycles. The molecule has 1 aromatic carbocycles. The fraction of sp³-hybridized carbons (Fsp3) is 0.438. The Morgan fingerprint density at radius 2 is 1.98 bits per heavy atom. The lowest BCUT2D eigenvalue weighted by Crippen LogP contribution is -2.36. The highest BCUT2D eigenvalue weighted by Gasteiger charge is 2.41. The second-order valence-electron chi connectivity index (χ2n) is 11.8. The van der Waals surface area contributed by atoms with E-state index in [2.05, 4.69) is 37.2 Å². The zero-order chi connectivity index (χ0) is 31.3. The maximum Gasteiger partial charge on any atom is 0.451 e. The van der Waals surface area contributed by atoms with Crippen molar-refractivity contribution >= 4 is 11.2 Å². The Labute approximate surface area is 257 Å². The maximum atomic E-state index is 13.1. The van der Waals surface area contributed by atoms with Crippen LogP contribution in [0.3, 0.4) is 0 Å². The number of para-hydroxylation sites is 1. The van der Waals surface area contributed by atoms with Gasteiger partial charge < -0.3 is 18.8 Å². The predicted molar refractivity (Wildman–Crippen MR) is 160 cm³/mol. The number of hydrogen-bond acceptors (Lipinski definition) is 8. The standard InChI is InChI=1S/C32H34F3N7O3/c1-4-21(5-2)31(3)44-25-8-6-7-23(27(25)45-31)19-9-12-41(13-10-19)18-26-37-24-15-20(28-38-30(40-39-28)32(33,34)35)16-36-29(24)42(26)17-22-11-14-43-22/h4-8,15-16,19,22H,1,9-14,17-18H2,2-3H3,(H,38,39,40)/b21-5+/t22-,31?/m0/s1. The topological polar surface area (TPSA) is 103 Å². The van der Waals surface area contributed by atoms with Crippen LogP contribution in [0.25, 0.3) is 22.6 Å². The highest BCUT2D eigenvalue weighted by Crippen LogP contribution is 2.48. The average Bonchev–Trinajstić information content (AvgIpc) is 3.71. The van der Waals surface area contributed by atoms with Gasteiger partial charge in [0.05, 0.1) is 19.2 Å². The lowest BCUT2D eigenvalue weighted by molar-refractivity contribution is -0.144. The quantitative estimate of drug-likeness (QED) is 0.238. The Bertz CT molecular complexity index is 1770. The average molecular weight is 622 g/mol. The van der Waals surface area contributed by atoms with Crippen molar-refractivity contribution in [1.82, 2.24) is 34.6 Å². The number of allylic oxidation sites excluding steroid dienone is 1. The SMILES string of the molecule is C=C/C(=C\C)C1(C)Oc2cccc(C3CCN(Cc4nc5cc(-c6n[nH]c(C(F)(F)F)n6)cnc5n4C[C@@H]4CCO4)CC3)c2O1. The molecule has 0 radical (unpaired) electrons. The van der Waals surface area contributed by atoms with Crippen molar-refractivity contribution in [3.05, 3.63) is 72.0 Å². The van der Waals surface area contributed by atoms with E-state index in [0.717, 1.165) is 67.4 Å². The van der Waals surface area contributed by atoms with Crippen molar-refractivity contribution < 1.29 is 27.4 Å². The molecule has 0 bridgehead atoms. The molecular formula is C32H34F3N7O3. The lowest BCUT2D eigenvalue weighted by Gasteiger charge is -2.33. The van der Waals surface area contributed by atoms with Crippen molar-refractivity contribution in [1.29, 1.82) is 0 Å². The summed E-state index contributed by atoms with van der Waals surface area (Å²) in [4.78, 5) is 15.5. The minimum atomic E-state index is -4.61. The van der Waals surface area contributed by atoms with Crippen LogP contribution < -0.4 is 9.47 Å². The van der Waals surface area contributed by atoms with Gasteiger partial charge in [-0.2, -0.15) is 18.3 Å². The van der Waals surface area contributed by atoms with E-state index in [0.29, 0.717) is 35.7 Å². The maximum absolute atomic E-state index is 13.1. The van der Waals surface area contributed by atoms with Crippen LogP contribution in [0.5, 0.6) is 11.5 Å². The summed E-state index contributed by atoms with van der Waals surface area (Å²) in [6.45, 7) is 11.4. The first-order valence-electron chi connectivity index (χ1n) is 15.1. The van der Waals surface area contributed by atoms with Gasteiger partial charge in [0.2, 0.25) is 5.82 Å². The second kappa shape index (κ2) is 11.3. The number of ether oxygens (including phenoxy) is 3. The third kappa shape index (κ3) is 5.48. The van der Waals surface area contributed by atoms with E-state index in [1.54, 1.807) is 12.1 Å². The van der Waals surface area contributed by atoms with Gasteiger partial charge in [0.25, 0.3) is 5.79 Å². The Balaban J connectivity index is 1.09. The van der Waals surface area contributed by atoms with Crippen LogP contribution in [0, 0.1) is 0 Å². The number of benzene rings is 1. The lowest BCUT2D eigenvalue weighted by atomic mass is 9.88. The normalized spacial score (nSPS) is 22.6. The zero-order valence-electron chi connectivity index (χ0n) is 25.1. The van der Waals surface area contributed by atoms with Gasteiger partial charge in [-0.3, -0.25) is 10.00 Å². The van der Waals surface area contributed by atoms with Crippen LogP contribution in [0.15, 0.2) is 54.8 Å². The second-order valence-corrected chi connectivity index (χ2v) is 11.8. The fourth-order valence-corrected chi connectivity index (χ4v) is 6.40. The minimum Gasteiger partial charge on any atom is -0.445 e. The molecule has 236 valence electrons. The zero-order valence-corrected chi connectivity index (χ0v) is 25.1. The summed E-state index contributed by atoms with van der Waals surface area (Å²) in [7, 11) is 0. The summed E-state index contributed by atoms with van der Waals surface area (Å²) in [6, 6.07) is 7.79. The van der Waals surface area contributed by atoms with Gasteiger partial charge in [-0.05, 0) is 57.3 Å². The van der Waals surface area contributed by atoms with E-state index < -0.39 is 17.8 Å². The number of H-pyrrole nitrogens is 1. The molecule has 0 amide bonds. The summed E-state index contributed by atoms with van der Waals surface area (Å²) in [5.41, 5.74) is 3.63. The number of nitrogens with zero attached hydrogens (tertiary/aromatic N) is 6. The fourth-order valence-electron chi connectivity index (χ4n) is 6.40. The van der Waals surface area contributed by atoms with Gasteiger partial charge in [0.1, 0.15) is 11.3 Å². The van der Waals surface area contributed by atoms with Crippen molar-refractivity contribution in [3.63, 3.8) is 0 Å². The molecule has 13 heteroatoms. The minimum absolute atomic E-state index is 0.0768. The molecule has 10 nitrogen and oxygen atoms in total. The molecule has 4 aromatic rings. The molecule has 2 fully saturated rings. The molecule has 2 saturated heterocycles. The van der Waals surface area contributed by atoms with Gasteiger partial charge in [-0.1, -0.05) is 30.9 Å². The van der Waals surface area contributed by atoms with Gasteiger partial charge in [0, 0.05) is 36.4 Å². The molecule has 1 N–H and O–H groups in total. The Morgan fingerprint density at radius 1 is 1.18 bits per heavy atom. The number of pyridine rings is 1. The van der Waals surface area contributed by atoms with Gasteiger partial charge in [-0.15, -0.1) is 0 Å². The predicted octanol–water partition coefficient (Wildman–Crippen LogP) is 6.02. The number of piperidine rings is 1. The van der Waals surface area contributed by atoms with E-state index in [9.17, 15) is 13.2 Å². The number of fused-ring (bicyclic) bond motifs is 2. The van der Waals surface area contributed by atoms with Crippen LogP contribution >= 0.6 is 0 Å². The van der Waals surface area contributed by atoms with Crippen LogP contribution in [0.2, 0.25) is 0 Å². The monoisotopic (exact) mass is 621 g/mol. The first-order valence-corrected chi connectivity index (χ1v) is 15.1. The third-order valence-corrected chi connectivity index (χ3v) is 8.91. The number of imidazole rings is 1. The highest BCUT2D eigenvalue weighted by molar-refractivity contribution is 5.77. The van der Waals surface area contributed by atoms with Gasteiger partial charge >= 0.3 is 6.18 Å². The number of nitrogens with one attached hydrogen (secondary N) is 1. The molecule has 1 unspecified atom stereocenters. The Morgan fingerprint density at radius 3 is 2.64 bits per heavy atom. The van der Waals surface area contributed by atoms with E-state index in [1.165, 1.54) is 6.20 Å². The van der Waals surface area contributed by atoms with E-state index >= 15 is 0 Å². The molecule has 0 aliphatic carbocycles. The van der Waals surface area contributed by atoms with E-state index in [-0.39, 0.29) is 11.9 Å². The Hall–Kier alpha value is -4.23. The Kier molecular flexibility index (Phi) is 7.40. The van der Waals surface area contributed by atoms with Crippen molar-refractivity contribution in [2.45, 2.75) is 70.2 Å². The molecule has 3 aliphatic heterocycles. The van der Waals surface area contributed by atoms with Crippen molar-refractivity contribution in [2.24, 2.45) is 0 Å². The summed E-state index contributed by atoms with van der Waals surface area (Å²) in [5, 5.41) is 5.71. The third-order valence-electron chi connectivity index (χ3n) is 8.91. The molecule has 3 aliphatic rings. The number of hydrogen-bond donors (Lipinski definition) is 1. The van der Waals surface area contributed by atoms with E-state index in [1.807, 2.05) is 37.2 Å². The number of alkyl halides is 3. The number of likely N-dealkylation sites (tertiary alicyclic amines) is 1. The van der Waals surface area contributed by atoms with Gasteiger partial charge in [-0.25, -0.2) is 15.0 Å². The van der Waals surface area contributed by atoms with Crippen molar-refractivity contribution in [3.8, 4) is 22.9 Å². The van der Waals surface area contributed by atoms with Crippen LogP contribution in [0.1, 0.15) is 56.2 Å². The van der Waals surface area contributed by atoms with Crippen LogP contribution in [-0.2, 0) is 24.0 Å². The molecular weight excluding hydrogens is 587 g/mol. The molecule has 3 aromatic heterocycles. The van der Waals surface area contributed by atoms with Crippen LogP contribution in [-0.4, -0.2) is 66.2 Å². The molecule has 0 spiro atoms. The van der Waals surface area contributed by atoms with E-state index in [4.69, 9.17) is 19.2 Å². The molecule has 2 atom stereocenters. The summed E-state index contributed by atoms with van der Waals surface area (Å²) in [6.07, 6.45) is 3.51. The molecule has 6 heterocycles. The first-order chi connectivity index (χ1) is 21.6. The molecule has 7 rings (SSSR count). The number of halogens is 3. The number of aromatic amines is 1. The smallest absolute Gasteiger partial charge is 0.445 e. The highest BCUT2D eigenvalue weighted by atomic mass is 19.4.